The van der Waals surface area contributed by atoms with Crippen molar-refractivity contribution >= 4 is 22.9 Å². The van der Waals surface area contributed by atoms with E-state index in [9.17, 15) is 4.79 Å². The van der Waals surface area contributed by atoms with Crippen LogP contribution in [0.1, 0.15) is 57.2 Å². The molecular weight excluding hydrogens is 408 g/mol. The summed E-state index contributed by atoms with van der Waals surface area (Å²) in [6.45, 7) is 4.17. The van der Waals surface area contributed by atoms with E-state index in [1.807, 2.05) is 43.5 Å². The summed E-state index contributed by atoms with van der Waals surface area (Å²) in [7, 11) is 0. The summed E-state index contributed by atoms with van der Waals surface area (Å²) in [6, 6.07) is 13.6. The summed E-state index contributed by atoms with van der Waals surface area (Å²) in [5, 5.41) is 10.0. The molecule has 4 aromatic rings. The van der Waals surface area contributed by atoms with Crippen LogP contribution < -0.4 is 5.48 Å². The third kappa shape index (κ3) is 3.16. The Hall–Kier alpha value is -3.03. The molecular formula is C24H24N4O2S. The van der Waals surface area contributed by atoms with Gasteiger partial charge in [-0.25, -0.2) is 15.4 Å². The van der Waals surface area contributed by atoms with Gasteiger partial charge in [0.05, 0.1) is 11.4 Å². The van der Waals surface area contributed by atoms with Crippen LogP contribution in [0.25, 0.3) is 17.0 Å². The van der Waals surface area contributed by atoms with Crippen LogP contribution in [-0.4, -0.2) is 25.5 Å². The zero-order valence-corrected chi connectivity index (χ0v) is 18.4. The average molecular weight is 433 g/mol. The van der Waals surface area contributed by atoms with E-state index in [0.29, 0.717) is 5.56 Å². The normalized spacial score (nSPS) is 15.5. The molecule has 0 aliphatic heterocycles. The number of benzene rings is 1. The number of imidazole rings is 1. The molecule has 5 rings (SSSR count). The van der Waals surface area contributed by atoms with Gasteiger partial charge in [0, 0.05) is 22.1 Å². The third-order valence-corrected chi connectivity index (χ3v) is 7.57. The molecule has 0 spiro atoms. The Balaban J connectivity index is 1.62. The second-order valence-corrected chi connectivity index (χ2v) is 9.41. The monoisotopic (exact) mass is 432 g/mol. The van der Waals surface area contributed by atoms with E-state index < -0.39 is 5.91 Å². The Morgan fingerprint density at radius 2 is 1.84 bits per heavy atom. The Morgan fingerprint density at radius 3 is 2.55 bits per heavy atom. The zero-order chi connectivity index (χ0) is 21.6. The quantitative estimate of drug-likeness (QED) is 0.349. The van der Waals surface area contributed by atoms with E-state index in [-0.39, 0.29) is 5.41 Å². The lowest BCUT2D eigenvalue weighted by Crippen LogP contribution is -2.24. The number of carbonyl (C=O) groups is 1. The van der Waals surface area contributed by atoms with Crippen LogP contribution in [0.5, 0.6) is 0 Å². The highest BCUT2D eigenvalue weighted by Gasteiger charge is 2.40. The molecule has 3 aromatic heterocycles. The second kappa shape index (κ2) is 7.59. The largest absolute Gasteiger partial charge is 0.298 e. The van der Waals surface area contributed by atoms with Gasteiger partial charge in [-0.3, -0.25) is 14.4 Å². The van der Waals surface area contributed by atoms with Gasteiger partial charge in [-0.1, -0.05) is 31.0 Å². The van der Waals surface area contributed by atoms with Crippen LogP contribution in [-0.2, 0) is 5.41 Å². The van der Waals surface area contributed by atoms with E-state index in [1.165, 1.54) is 10.4 Å². The number of hydrogen-bond donors (Lipinski definition) is 2. The maximum absolute atomic E-state index is 11.7. The van der Waals surface area contributed by atoms with Crippen molar-refractivity contribution < 1.29 is 10.0 Å². The van der Waals surface area contributed by atoms with Gasteiger partial charge < -0.3 is 0 Å². The molecule has 1 amide bonds. The number of aryl methyl sites for hydroxylation is 2. The van der Waals surface area contributed by atoms with Crippen LogP contribution in [0.2, 0.25) is 0 Å². The molecule has 1 aromatic carbocycles. The van der Waals surface area contributed by atoms with Gasteiger partial charge in [0.1, 0.15) is 16.3 Å². The van der Waals surface area contributed by atoms with Crippen LogP contribution in [0.15, 0.2) is 48.7 Å². The molecule has 0 radical (unpaired) electrons. The molecule has 1 aliphatic carbocycles. The van der Waals surface area contributed by atoms with E-state index in [0.717, 1.165) is 53.4 Å². The number of nitrogens with zero attached hydrogens (tertiary/aromatic N) is 3. The first-order valence-corrected chi connectivity index (χ1v) is 11.3. The standard InChI is InChI=1S/C24H24N4O2S/c1-15-21(28-14-6-3-7-19(28)25-15)20-16(2)31-23(26-20)24(12-4-5-13-24)18-10-8-17(9-11-18)22(29)27-30/h3,6-11,14,30H,4-5,12-13H2,1-2H3,(H,27,29). The fourth-order valence-corrected chi connectivity index (χ4v) is 6.01. The molecule has 1 fully saturated rings. The molecule has 0 unspecified atom stereocenters. The van der Waals surface area contributed by atoms with Crippen molar-refractivity contribution in [2.45, 2.75) is 44.9 Å². The molecule has 6 nitrogen and oxygen atoms in total. The van der Waals surface area contributed by atoms with E-state index in [1.54, 1.807) is 28.9 Å². The molecule has 0 bridgehead atoms. The first-order valence-electron chi connectivity index (χ1n) is 10.5. The molecule has 7 heteroatoms. The van der Waals surface area contributed by atoms with Gasteiger partial charge in [-0.15, -0.1) is 11.3 Å². The van der Waals surface area contributed by atoms with Gasteiger partial charge in [0.25, 0.3) is 5.91 Å². The highest BCUT2D eigenvalue weighted by molar-refractivity contribution is 7.12. The van der Waals surface area contributed by atoms with Crippen LogP contribution >= 0.6 is 11.3 Å². The van der Waals surface area contributed by atoms with Crippen molar-refractivity contribution in [2.75, 3.05) is 0 Å². The Bertz CT molecular complexity index is 1270. The highest BCUT2D eigenvalue weighted by Crippen LogP contribution is 2.49. The lowest BCUT2D eigenvalue weighted by Gasteiger charge is -2.27. The average Bonchev–Trinajstić information content (AvgIpc) is 3.50. The Morgan fingerprint density at radius 1 is 1.10 bits per heavy atom. The maximum Gasteiger partial charge on any atom is 0.274 e. The first kappa shape index (κ1) is 19.9. The molecule has 0 saturated heterocycles. The minimum absolute atomic E-state index is 0.143. The van der Waals surface area contributed by atoms with Gasteiger partial charge in [0.2, 0.25) is 0 Å². The van der Waals surface area contributed by atoms with E-state index in [4.69, 9.17) is 15.2 Å². The molecule has 1 aliphatic rings. The van der Waals surface area contributed by atoms with Crippen LogP contribution in [0.4, 0.5) is 0 Å². The summed E-state index contributed by atoms with van der Waals surface area (Å²) in [4.78, 5) is 22.8. The number of fused-ring (bicyclic) bond motifs is 1. The number of amides is 1. The summed E-state index contributed by atoms with van der Waals surface area (Å²) in [6.07, 6.45) is 6.43. The predicted molar refractivity (Wildman–Crippen MR) is 121 cm³/mol. The van der Waals surface area contributed by atoms with Crippen molar-refractivity contribution in [3.63, 3.8) is 0 Å². The van der Waals surface area contributed by atoms with Crippen molar-refractivity contribution in [1.82, 2.24) is 19.8 Å². The smallest absolute Gasteiger partial charge is 0.274 e. The highest BCUT2D eigenvalue weighted by atomic mass is 32.1. The number of hydrogen-bond acceptors (Lipinski definition) is 5. The second-order valence-electron chi connectivity index (χ2n) is 8.21. The van der Waals surface area contributed by atoms with E-state index in [2.05, 4.69) is 11.3 Å². The van der Waals surface area contributed by atoms with Gasteiger partial charge in [-0.05, 0) is 56.5 Å². The predicted octanol–water partition coefficient (Wildman–Crippen LogP) is 5.05. The SMILES string of the molecule is Cc1nc2ccccn2c1-c1nc(C2(c3ccc(C(=O)NO)cc3)CCCC2)sc1C. The maximum atomic E-state index is 11.7. The number of carbonyl (C=O) groups excluding carboxylic acids is 1. The molecule has 0 atom stereocenters. The minimum atomic E-state index is -0.498. The van der Waals surface area contributed by atoms with Gasteiger partial charge in [-0.2, -0.15) is 0 Å². The fraction of sp³-hybridized carbons (Fsp3) is 0.292. The lowest BCUT2D eigenvalue weighted by atomic mass is 9.79. The zero-order valence-electron chi connectivity index (χ0n) is 17.6. The summed E-state index contributed by atoms with van der Waals surface area (Å²) in [5.41, 5.74) is 7.13. The lowest BCUT2D eigenvalue weighted by molar-refractivity contribution is 0.0706. The first-order chi connectivity index (χ1) is 15.0. The summed E-state index contributed by atoms with van der Waals surface area (Å²) in [5.74, 6) is -0.498. The number of aromatic nitrogens is 3. The number of hydroxylamine groups is 1. The van der Waals surface area contributed by atoms with Crippen molar-refractivity contribution in [3.8, 4) is 11.4 Å². The van der Waals surface area contributed by atoms with Crippen LogP contribution in [0.3, 0.4) is 0 Å². The number of thiazole rings is 1. The number of pyridine rings is 1. The Labute approximate surface area is 184 Å². The van der Waals surface area contributed by atoms with Crippen molar-refractivity contribution in [1.29, 1.82) is 0 Å². The summed E-state index contributed by atoms with van der Waals surface area (Å²) >= 11 is 1.76. The van der Waals surface area contributed by atoms with Crippen LogP contribution in [0, 0.1) is 13.8 Å². The third-order valence-electron chi connectivity index (χ3n) is 6.39. The number of rotatable bonds is 4. The number of nitrogens with one attached hydrogen (secondary N) is 1. The molecule has 158 valence electrons. The topological polar surface area (TPSA) is 79.5 Å². The fourth-order valence-electron chi connectivity index (χ4n) is 4.83. The molecule has 1 saturated carbocycles. The van der Waals surface area contributed by atoms with Crippen molar-refractivity contribution in [2.24, 2.45) is 0 Å². The molecule has 2 N–H and O–H groups in total. The minimum Gasteiger partial charge on any atom is -0.298 e. The van der Waals surface area contributed by atoms with Gasteiger partial charge >= 0.3 is 0 Å². The summed E-state index contributed by atoms with van der Waals surface area (Å²) < 4.78 is 2.12. The Kier molecular flexibility index (Phi) is 4.87. The van der Waals surface area contributed by atoms with Gasteiger partial charge in [0.15, 0.2) is 0 Å². The van der Waals surface area contributed by atoms with E-state index >= 15 is 0 Å². The molecule has 3 heterocycles. The molecule has 31 heavy (non-hydrogen) atoms. The van der Waals surface area contributed by atoms with Crippen molar-refractivity contribution in [3.05, 3.63) is 75.4 Å².